The molecule has 33 heavy (non-hydrogen) atoms. The molecule has 0 atom stereocenters. The van der Waals surface area contributed by atoms with E-state index in [1.165, 1.54) is 0 Å². The summed E-state index contributed by atoms with van der Waals surface area (Å²) >= 11 is 6.36. The van der Waals surface area contributed by atoms with E-state index in [4.69, 9.17) is 17.0 Å². The number of aldehydes is 1. The Morgan fingerprint density at radius 3 is 2.30 bits per heavy atom. The highest BCUT2D eigenvalue weighted by Gasteiger charge is 2.33. The number of carbonyl (C=O) groups excluding carboxylic acids is 3. The van der Waals surface area contributed by atoms with E-state index < -0.39 is 11.8 Å². The van der Waals surface area contributed by atoms with E-state index in [0.717, 1.165) is 34.2 Å². The van der Waals surface area contributed by atoms with Crippen LogP contribution in [0.4, 0.5) is 0 Å². The fraction of sp³-hybridized carbons (Fsp3) is 0.0400. The van der Waals surface area contributed by atoms with Crippen molar-refractivity contribution in [3.8, 4) is 5.75 Å². The molecular formula is C25H18N2O4S2. The number of nitrogens with zero attached hydrogens (tertiary/aromatic N) is 1. The lowest BCUT2D eigenvalue weighted by Crippen LogP contribution is -2.44. The van der Waals surface area contributed by atoms with Crippen LogP contribution in [0, 0.1) is 0 Å². The number of ether oxygens (including phenoxy) is 1. The second-order valence-electron chi connectivity index (χ2n) is 7.04. The van der Waals surface area contributed by atoms with Crippen molar-refractivity contribution >= 4 is 52.5 Å². The lowest BCUT2D eigenvalue weighted by atomic mass is 10.1. The molecule has 0 aliphatic carbocycles. The Morgan fingerprint density at radius 2 is 1.64 bits per heavy atom. The number of amides is 2. The highest BCUT2D eigenvalue weighted by molar-refractivity contribution is 8.26. The Labute approximate surface area is 200 Å². The summed E-state index contributed by atoms with van der Waals surface area (Å²) in [6.07, 6.45) is 2.42. The maximum atomic E-state index is 12.7. The lowest BCUT2D eigenvalue weighted by molar-refractivity contribution is -0.123. The van der Waals surface area contributed by atoms with Gasteiger partial charge >= 0.3 is 0 Å². The van der Waals surface area contributed by atoms with Gasteiger partial charge in [0, 0.05) is 11.1 Å². The van der Waals surface area contributed by atoms with Crippen molar-refractivity contribution in [2.75, 3.05) is 0 Å². The molecule has 164 valence electrons. The molecule has 3 aromatic rings. The Bertz CT molecular complexity index is 1220. The number of thiocarbonyl (C=S) groups is 1. The number of hydrogen-bond acceptors (Lipinski definition) is 6. The van der Waals surface area contributed by atoms with Gasteiger partial charge in [0.2, 0.25) is 0 Å². The molecule has 0 bridgehead atoms. The van der Waals surface area contributed by atoms with Crippen LogP contribution in [0.1, 0.15) is 31.8 Å². The number of hydrazine groups is 1. The van der Waals surface area contributed by atoms with E-state index in [-0.39, 0.29) is 4.32 Å². The van der Waals surface area contributed by atoms with Gasteiger partial charge in [-0.05, 0) is 53.7 Å². The van der Waals surface area contributed by atoms with Crippen molar-refractivity contribution in [1.29, 1.82) is 0 Å². The van der Waals surface area contributed by atoms with Gasteiger partial charge in [0.1, 0.15) is 18.6 Å². The molecule has 1 fully saturated rings. The molecule has 1 saturated heterocycles. The Kier molecular flexibility index (Phi) is 6.97. The first-order chi connectivity index (χ1) is 16.0. The van der Waals surface area contributed by atoms with Gasteiger partial charge in [-0.3, -0.25) is 19.8 Å². The summed E-state index contributed by atoms with van der Waals surface area (Å²) in [5.41, 5.74) is 5.26. The molecule has 3 aromatic carbocycles. The molecule has 0 aromatic heterocycles. The molecule has 2 amide bonds. The van der Waals surface area contributed by atoms with E-state index in [2.05, 4.69) is 5.43 Å². The molecule has 1 aliphatic heterocycles. The predicted octanol–water partition coefficient (Wildman–Crippen LogP) is 4.62. The third kappa shape index (κ3) is 5.54. The van der Waals surface area contributed by atoms with E-state index in [9.17, 15) is 14.4 Å². The normalized spacial score (nSPS) is 14.4. The number of carbonyl (C=O) groups is 3. The van der Waals surface area contributed by atoms with Gasteiger partial charge in [-0.2, -0.15) is 5.01 Å². The fourth-order valence-corrected chi connectivity index (χ4v) is 4.18. The zero-order valence-corrected chi connectivity index (χ0v) is 18.9. The van der Waals surface area contributed by atoms with Gasteiger partial charge in [-0.15, -0.1) is 0 Å². The maximum absolute atomic E-state index is 12.7. The van der Waals surface area contributed by atoms with Crippen molar-refractivity contribution in [3.05, 3.63) is 106 Å². The van der Waals surface area contributed by atoms with Crippen molar-refractivity contribution < 1.29 is 19.1 Å². The largest absolute Gasteiger partial charge is 0.489 e. The molecule has 8 heteroatoms. The van der Waals surface area contributed by atoms with Gasteiger partial charge in [-0.1, -0.05) is 66.4 Å². The summed E-state index contributed by atoms with van der Waals surface area (Å²) in [6, 6.07) is 23.2. The van der Waals surface area contributed by atoms with Gasteiger partial charge in [-0.25, -0.2) is 0 Å². The SMILES string of the molecule is O=Cc1ccc(/C=C2\SC(=S)N(NC(=O)c3ccc(OCc4ccccc4)cc3)C2=O)cc1. The van der Waals surface area contributed by atoms with Crippen molar-refractivity contribution in [2.24, 2.45) is 0 Å². The fourth-order valence-electron chi connectivity index (χ4n) is 3.00. The zero-order valence-electron chi connectivity index (χ0n) is 17.3. The molecule has 0 saturated carbocycles. The minimum Gasteiger partial charge on any atom is -0.489 e. The van der Waals surface area contributed by atoms with Crippen LogP contribution in [0.2, 0.25) is 0 Å². The molecule has 6 nitrogen and oxygen atoms in total. The van der Waals surface area contributed by atoms with Crippen LogP contribution in [0.5, 0.6) is 5.75 Å². The Hall–Kier alpha value is -3.75. The van der Waals surface area contributed by atoms with Crippen molar-refractivity contribution in [2.45, 2.75) is 6.61 Å². The number of benzene rings is 3. The number of nitrogens with one attached hydrogen (secondary N) is 1. The smallest absolute Gasteiger partial charge is 0.285 e. The Morgan fingerprint density at radius 1 is 0.970 bits per heavy atom. The first kappa shape index (κ1) is 22.4. The summed E-state index contributed by atoms with van der Waals surface area (Å²) in [6.45, 7) is 0.424. The molecule has 1 heterocycles. The molecule has 0 unspecified atom stereocenters. The van der Waals surface area contributed by atoms with E-state index in [0.29, 0.717) is 28.4 Å². The van der Waals surface area contributed by atoms with Crippen molar-refractivity contribution in [1.82, 2.24) is 10.4 Å². The number of hydrogen-bond donors (Lipinski definition) is 1. The number of thioether (sulfide) groups is 1. The molecule has 4 rings (SSSR count). The molecule has 0 spiro atoms. The summed E-state index contributed by atoms with van der Waals surface area (Å²) in [5, 5.41) is 1.06. The minimum absolute atomic E-state index is 0.229. The van der Waals surface area contributed by atoms with Gasteiger partial charge < -0.3 is 4.74 Å². The van der Waals surface area contributed by atoms with Crippen LogP contribution >= 0.6 is 24.0 Å². The number of rotatable bonds is 7. The summed E-state index contributed by atoms with van der Waals surface area (Å²) in [4.78, 5) is 36.6. The summed E-state index contributed by atoms with van der Waals surface area (Å²) < 4.78 is 5.96. The average Bonchev–Trinajstić information content (AvgIpc) is 3.11. The van der Waals surface area contributed by atoms with Gasteiger partial charge in [0.15, 0.2) is 4.32 Å². The van der Waals surface area contributed by atoms with Crippen LogP contribution in [-0.4, -0.2) is 27.4 Å². The molecule has 0 radical (unpaired) electrons. The second kappa shape index (κ2) is 10.2. The second-order valence-corrected chi connectivity index (χ2v) is 8.72. The lowest BCUT2D eigenvalue weighted by Gasteiger charge is -2.15. The quantitative estimate of drug-likeness (QED) is 0.306. The standard InChI is InChI=1S/C25H18N2O4S2/c28-15-18-8-6-17(7-9-18)14-22-24(30)27(25(32)33-22)26-23(29)20-10-12-21(13-11-20)31-16-19-4-2-1-3-5-19/h1-15H,16H2,(H,26,29)/b22-14-. The van der Waals surface area contributed by atoms with E-state index in [1.807, 2.05) is 30.3 Å². The highest BCUT2D eigenvalue weighted by Crippen LogP contribution is 2.31. The van der Waals surface area contributed by atoms with Gasteiger partial charge in [0.05, 0.1) is 4.91 Å². The van der Waals surface area contributed by atoms with E-state index >= 15 is 0 Å². The van der Waals surface area contributed by atoms with E-state index in [1.54, 1.807) is 54.6 Å². The molecule has 1 aliphatic rings. The minimum atomic E-state index is -0.461. The van der Waals surface area contributed by atoms with Gasteiger partial charge in [0.25, 0.3) is 11.8 Å². The molecular weight excluding hydrogens is 456 g/mol. The monoisotopic (exact) mass is 474 g/mol. The zero-order chi connectivity index (χ0) is 23.2. The van der Waals surface area contributed by atoms with Crippen LogP contribution in [-0.2, 0) is 11.4 Å². The van der Waals surface area contributed by atoms with Crippen molar-refractivity contribution in [3.63, 3.8) is 0 Å². The Balaban J connectivity index is 1.38. The first-order valence-corrected chi connectivity index (χ1v) is 11.2. The van der Waals surface area contributed by atoms with Crippen LogP contribution in [0.25, 0.3) is 6.08 Å². The third-order valence-corrected chi connectivity index (χ3v) is 6.04. The maximum Gasteiger partial charge on any atom is 0.285 e. The van der Waals surface area contributed by atoms with Crippen LogP contribution in [0.15, 0.2) is 83.8 Å². The predicted molar refractivity (Wildman–Crippen MR) is 132 cm³/mol. The molecule has 1 N–H and O–H groups in total. The average molecular weight is 475 g/mol. The van der Waals surface area contributed by atoms with Crippen LogP contribution in [0.3, 0.4) is 0 Å². The summed E-state index contributed by atoms with van der Waals surface area (Å²) in [7, 11) is 0. The first-order valence-electron chi connectivity index (χ1n) is 9.94. The highest BCUT2D eigenvalue weighted by atomic mass is 32.2. The summed E-state index contributed by atoms with van der Waals surface area (Å²) in [5.74, 6) is -0.248. The third-order valence-electron chi connectivity index (χ3n) is 4.74. The van der Waals surface area contributed by atoms with Crippen LogP contribution < -0.4 is 10.2 Å². The topological polar surface area (TPSA) is 75.7 Å².